The highest BCUT2D eigenvalue weighted by molar-refractivity contribution is 6.31. The summed E-state index contributed by atoms with van der Waals surface area (Å²) in [6.07, 6.45) is 3.70. The molecule has 1 N–H and O–H groups in total. The van der Waals surface area contributed by atoms with Gasteiger partial charge in [-0.15, -0.1) is 0 Å². The predicted molar refractivity (Wildman–Crippen MR) is 76.3 cm³/mol. The van der Waals surface area contributed by atoms with E-state index in [4.69, 9.17) is 16.3 Å². The minimum atomic E-state index is -0.294. The average Bonchev–Trinajstić information content (AvgIpc) is 2.87. The van der Waals surface area contributed by atoms with E-state index in [0.717, 1.165) is 18.7 Å². The molecule has 1 aromatic carbocycles. The van der Waals surface area contributed by atoms with Crippen molar-refractivity contribution in [3.8, 4) is 0 Å². The first kappa shape index (κ1) is 15.0. The lowest BCUT2D eigenvalue weighted by Gasteiger charge is -2.05. The minimum Gasteiger partial charge on any atom is -0.383 e. The first-order valence-corrected chi connectivity index (χ1v) is 6.72. The summed E-state index contributed by atoms with van der Waals surface area (Å²) < 4.78 is 19.9. The highest BCUT2D eigenvalue weighted by Crippen LogP contribution is 2.18. The first-order chi connectivity index (χ1) is 9.69. The Kier molecular flexibility index (Phi) is 5.52. The number of nitrogens with zero attached hydrogens (tertiary/aromatic N) is 2. The van der Waals surface area contributed by atoms with E-state index in [1.54, 1.807) is 24.1 Å². The third-order valence-corrected chi connectivity index (χ3v) is 3.21. The summed E-state index contributed by atoms with van der Waals surface area (Å²) in [6, 6.07) is 4.34. The van der Waals surface area contributed by atoms with Crippen LogP contribution in [0, 0.1) is 5.82 Å². The molecular weight excluding hydrogens is 281 g/mol. The van der Waals surface area contributed by atoms with E-state index in [9.17, 15) is 4.39 Å². The van der Waals surface area contributed by atoms with Crippen LogP contribution in [0.5, 0.6) is 0 Å². The van der Waals surface area contributed by atoms with Crippen molar-refractivity contribution in [2.45, 2.75) is 13.1 Å². The standard InChI is InChI=1S/C14H17ClFN3O/c1-20-5-4-17-7-11-8-18-19(9-11)10-12-6-13(16)2-3-14(12)15/h2-3,6,8-9,17H,4-5,7,10H2,1H3. The highest BCUT2D eigenvalue weighted by atomic mass is 35.5. The normalized spacial score (nSPS) is 10.9. The van der Waals surface area contributed by atoms with Crippen LogP contribution >= 0.6 is 11.6 Å². The van der Waals surface area contributed by atoms with Crippen LogP contribution in [0.15, 0.2) is 30.6 Å². The van der Waals surface area contributed by atoms with Gasteiger partial charge in [0.15, 0.2) is 0 Å². The Bertz CT molecular complexity index is 559. The molecular formula is C14H17ClFN3O. The van der Waals surface area contributed by atoms with Gasteiger partial charge < -0.3 is 10.1 Å². The molecule has 0 aliphatic heterocycles. The molecule has 20 heavy (non-hydrogen) atoms. The van der Waals surface area contributed by atoms with Crippen LogP contribution in [0.4, 0.5) is 4.39 Å². The Morgan fingerprint density at radius 3 is 3.10 bits per heavy atom. The maximum Gasteiger partial charge on any atom is 0.123 e. The van der Waals surface area contributed by atoms with Crippen molar-refractivity contribution in [1.82, 2.24) is 15.1 Å². The summed E-state index contributed by atoms with van der Waals surface area (Å²) in [5, 5.41) is 8.02. The zero-order chi connectivity index (χ0) is 14.4. The maximum absolute atomic E-state index is 13.2. The second kappa shape index (κ2) is 7.38. The predicted octanol–water partition coefficient (Wildman–Crippen LogP) is 2.46. The fourth-order valence-corrected chi connectivity index (χ4v) is 2.01. The van der Waals surface area contributed by atoms with Gasteiger partial charge in [-0.05, 0) is 23.8 Å². The van der Waals surface area contributed by atoms with Crippen molar-refractivity contribution in [1.29, 1.82) is 0 Å². The lowest BCUT2D eigenvalue weighted by molar-refractivity contribution is 0.199. The highest BCUT2D eigenvalue weighted by Gasteiger charge is 2.05. The van der Waals surface area contributed by atoms with Gasteiger partial charge in [0, 0.05) is 37.0 Å². The number of methoxy groups -OCH3 is 1. The minimum absolute atomic E-state index is 0.294. The van der Waals surface area contributed by atoms with E-state index in [2.05, 4.69) is 10.4 Å². The van der Waals surface area contributed by atoms with Gasteiger partial charge >= 0.3 is 0 Å². The van der Waals surface area contributed by atoms with E-state index in [1.165, 1.54) is 12.1 Å². The van der Waals surface area contributed by atoms with Crippen molar-refractivity contribution < 1.29 is 9.13 Å². The number of hydrogen-bond acceptors (Lipinski definition) is 3. The average molecular weight is 298 g/mol. The van der Waals surface area contributed by atoms with Crippen LogP contribution in [0.1, 0.15) is 11.1 Å². The molecule has 0 unspecified atom stereocenters. The molecule has 108 valence electrons. The Morgan fingerprint density at radius 1 is 1.45 bits per heavy atom. The van der Waals surface area contributed by atoms with Crippen LogP contribution < -0.4 is 5.32 Å². The van der Waals surface area contributed by atoms with Gasteiger partial charge in [-0.25, -0.2) is 4.39 Å². The van der Waals surface area contributed by atoms with Gasteiger partial charge in [0.05, 0.1) is 19.3 Å². The van der Waals surface area contributed by atoms with Crippen molar-refractivity contribution >= 4 is 11.6 Å². The van der Waals surface area contributed by atoms with E-state index in [1.807, 2.05) is 6.20 Å². The van der Waals surface area contributed by atoms with Crippen LogP contribution in [0.2, 0.25) is 5.02 Å². The maximum atomic E-state index is 13.2. The lowest BCUT2D eigenvalue weighted by atomic mass is 10.2. The zero-order valence-corrected chi connectivity index (χ0v) is 12.0. The SMILES string of the molecule is COCCNCc1cnn(Cc2cc(F)ccc2Cl)c1. The lowest BCUT2D eigenvalue weighted by Crippen LogP contribution is -2.18. The van der Waals surface area contributed by atoms with Crippen LogP contribution in [-0.4, -0.2) is 30.0 Å². The number of benzene rings is 1. The second-order valence-electron chi connectivity index (χ2n) is 4.45. The van der Waals surface area contributed by atoms with Crippen molar-refractivity contribution in [2.75, 3.05) is 20.3 Å². The largest absolute Gasteiger partial charge is 0.383 e. The fraction of sp³-hybridized carbons (Fsp3) is 0.357. The summed E-state index contributed by atoms with van der Waals surface area (Å²) in [7, 11) is 1.67. The Hall–Kier alpha value is -1.43. The first-order valence-electron chi connectivity index (χ1n) is 6.34. The number of aromatic nitrogens is 2. The molecule has 0 saturated heterocycles. The third kappa shape index (κ3) is 4.30. The fourth-order valence-electron chi connectivity index (χ4n) is 1.83. The Labute approximate surface area is 122 Å². The van der Waals surface area contributed by atoms with E-state index in [-0.39, 0.29) is 5.82 Å². The summed E-state index contributed by atoms with van der Waals surface area (Å²) >= 11 is 6.04. The number of hydrogen-bond donors (Lipinski definition) is 1. The molecule has 0 spiro atoms. The number of ether oxygens (including phenoxy) is 1. The molecule has 0 aliphatic carbocycles. The van der Waals surface area contributed by atoms with Gasteiger partial charge in [-0.2, -0.15) is 5.10 Å². The van der Waals surface area contributed by atoms with E-state index >= 15 is 0 Å². The van der Waals surface area contributed by atoms with Gasteiger partial charge in [-0.1, -0.05) is 11.6 Å². The summed E-state index contributed by atoms with van der Waals surface area (Å²) in [4.78, 5) is 0. The zero-order valence-electron chi connectivity index (χ0n) is 11.3. The number of nitrogens with one attached hydrogen (secondary N) is 1. The van der Waals surface area contributed by atoms with E-state index < -0.39 is 0 Å². The molecule has 0 radical (unpaired) electrons. The third-order valence-electron chi connectivity index (χ3n) is 2.84. The molecule has 4 nitrogen and oxygen atoms in total. The summed E-state index contributed by atoms with van der Waals surface area (Å²) in [6.45, 7) is 2.64. The van der Waals surface area contributed by atoms with Gasteiger partial charge in [0.25, 0.3) is 0 Å². The molecule has 0 amide bonds. The molecule has 2 rings (SSSR count). The molecule has 1 aromatic heterocycles. The molecule has 0 atom stereocenters. The molecule has 0 aliphatic rings. The van der Waals surface area contributed by atoms with Crippen LogP contribution in [0.3, 0.4) is 0 Å². The number of halogens is 2. The van der Waals surface area contributed by atoms with Crippen LogP contribution in [0.25, 0.3) is 0 Å². The topological polar surface area (TPSA) is 39.1 Å². The smallest absolute Gasteiger partial charge is 0.123 e. The summed E-state index contributed by atoms with van der Waals surface area (Å²) in [5.74, 6) is -0.294. The van der Waals surface area contributed by atoms with Gasteiger partial charge in [-0.3, -0.25) is 4.68 Å². The van der Waals surface area contributed by atoms with Crippen LogP contribution in [-0.2, 0) is 17.8 Å². The molecule has 1 heterocycles. The van der Waals surface area contributed by atoms with Crippen molar-refractivity contribution in [3.05, 3.63) is 52.6 Å². The second-order valence-corrected chi connectivity index (χ2v) is 4.86. The van der Waals surface area contributed by atoms with E-state index in [0.29, 0.717) is 23.7 Å². The van der Waals surface area contributed by atoms with Gasteiger partial charge in [0.1, 0.15) is 5.82 Å². The van der Waals surface area contributed by atoms with Gasteiger partial charge in [0.2, 0.25) is 0 Å². The van der Waals surface area contributed by atoms with Crippen molar-refractivity contribution in [3.63, 3.8) is 0 Å². The van der Waals surface area contributed by atoms with Crippen molar-refractivity contribution in [2.24, 2.45) is 0 Å². The molecule has 0 fully saturated rings. The molecule has 2 aromatic rings. The number of rotatable bonds is 7. The molecule has 0 bridgehead atoms. The summed E-state index contributed by atoms with van der Waals surface area (Å²) in [5.41, 5.74) is 1.78. The molecule has 6 heteroatoms. The Morgan fingerprint density at radius 2 is 2.30 bits per heavy atom. The monoisotopic (exact) mass is 297 g/mol. The Balaban J connectivity index is 1.93. The molecule has 0 saturated carbocycles. The quantitative estimate of drug-likeness (QED) is 0.798.